The highest BCUT2D eigenvalue weighted by Gasteiger charge is 2.12. The summed E-state index contributed by atoms with van der Waals surface area (Å²) in [5.74, 6) is 0.915. The lowest BCUT2D eigenvalue weighted by Crippen LogP contribution is -2.17. The molecule has 1 unspecified atom stereocenters. The molecule has 4 heteroatoms. The molecule has 0 fully saturated rings. The molecule has 15 heavy (non-hydrogen) atoms. The van der Waals surface area contributed by atoms with Crippen molar-refractivity contribution in [3.63, 3.8) is 0 Å². The van der Waals surface area contributed by atoms with Crippen LogP contribution < -0.4 is 5.32 Å². The molecular formula is C11H12BrNO2. The molecule has 80 valence electrons. The second-order valence-corrected chi connectivity index (χ2v) is 4.22. The lowest BCUT2D eigenvalue weighted by molar-refractivity contribution is 0.427. The summed E-state index contributed by atoms with van der Waals surface area (Å²) in [5.41, 5.74) is 1.13. The molecule has 1 N–H and O–H groups in total. The molecule has 0 amide bonds. The third-order valence-electron chi connectivity index (χ3n) is 2.23. The summed E-state index contributed by atoms with van der Waals surface area (Å²) >= 11 is 3.43. The van der Waals surface area contributed by atoms with Gasteiger partial charge in [-0.05, 0) is 35.0 Å². The third-order valence-corrected chi connectivity index (χ3v) is 2.89. The Morgan fingerprint density at radius 3 is 2.87 bits per heavy atom. The number of halogens is 1. The van der Waals surface area contributed by atoms with Crippen LogP contribution in [0.3, 0.4) is 0 Å². The van der Waals surface area contributed by atoms with E-state index in [9.17, 15) is 0 Å². The van der Waals surface area contributed by atoms with Crippen LogP contribution in [0.25, 0.3) is 0 Å². The van der Waals surface area contributed by atoms with Crippen molar-refractivity contribution in [1.29, 1.82) is 0 Å². The summed E-state index contributed by atoms with van der Waals surface area (Å²) in [4.78, 5) is 0. The van der Waals surface area contributed by atoms with Crippen molar-refractivity contribution in [2.45, 2.75) is 19.5 Å². The van der Waals surface area contributed by atoms with E-state index in [2.05, 4.69) is 28.2 Å². The Morgan fingerprint density at radius 2 is 2.27 bits per heavy atom. The fraction of sp³-hybridized carbons (Fsp3) is 0.273. The first-order valence-electron chi connectivity index (χ1n) is 4.74. The molecule has 1 atom stereocenters. The van der Waals surface area contributed by atoms with Gasteiger partial charge in [-0.1, -0.05) is 0 Å². The fourth-order valence-corrected chi connectivity index (χ4v) is 1.92. The van der Waals surface area contributed by atoms with E-state index in [1.807, 2.05) is 12.1 Å². The topological polar surface area (TPSA) is 38.3 Å². The first-order valence-corrected chi connectivity index (χ1v) is 5.54. The van der Waals surface area contributed by atoms with Gasteiger partial charge in [0.25, 0.3) is 0 Å². The van der Waals surface area contributed by atoms with Crippen LogP contribution in [0.4, 0.5) is 0 Å². The van der Waals surface area contributed by atoms with Crippen LogP contribution in [0, 0.1) is 0 Å². The van der Waals surface area contributed by atoms with Gasteiger partial charge in [-0.2, -0.15) is 0 Å². The minimum atomic E-state index is 0.171. The molecule has 2 aromatic heterocycles. The highest BCUT2D eigenvalue weighted by Crippen LogP contribution is 2.24. The maximum Gasteiger partial charge on any atom is 0.134 e. The highest BCUT2D eigenvalue weighted by atomic mass is 79.9. The number of hydrogen-bond acceptors (Lipinski definition) is 3. The van der Waals surface area contributed by atoms with E-state index >= 15 is 0 Å². The second-order valence-electron chi connectivity index (χ2n) is 3.37. The summed E-state index contributed by atoms with van der Waals surface area (Å²) in [6, 6.07) is 4.01. The molecule has 0 spiro atoms. The lowest BCUT2D eigenvalue weighted by Gasteiger charge is -2.10. The standard InChI is InChI=1S/C11H12BrNO2/c1-8(11-10(12)3-5-15-11)13-6-9-2-4-14-7-9/h2-5,7-8,13H,6H2,1H3. The summed E-state index contributed by atoms with van der Waals surface area (Å²) < 4.78 is 11.3. The molecule has 0 aliphatic rings. The zero-order valence-electron chi connectivity index (χ0n) is 8.37. The van der Waals surface area contributed by atoms with Gasteiger partial charge < -0.3 is 14.2 Å². The summed E-state index contributed by atoms with van der Waals surface area (Å²) in [5, 5.41) is 3.34. The monoisotopic (exact) mass is 269 g/mol. The van der Waals surface area contributed by atoms with E-state index in [0.29, 0.717) is 0 Å². The number of rotatable bonds is 4. The average molecular weight is 270 g/mol. The number of nitrogens with one attached hydrogen (secondary N) is 1. The van der Waals surface area contributed by atoms with Crippen molar-refractivity contribution in [1.82, 2.24) is 5.32 Å². The zero-order valence-corrected chi connectivity index (χ0v) is 9.95. The van der Waals surface area contributed by atoms with Crippen LogP contribution in [0.1, 0.15) is 24.3 Å². The van der Waals surface area contributed by atoms with Crippen LogP contribution in [0.2, 0.25) is 0 Å². The molecular weight excluding hydrogens is 258 g/mol. The number of hydrogen-bond donors (Lipinski definition) is 1. The van der Waals surface area contributed by atoms with Crippen molar-refractivity contribution in [3.8, 4) is 0 Å². The van der Waals surface area contributed by atoms with Gasteiger partial charge >= 0.3 is 0 Å². The first-order chi connectivity index (χ1) is 7.27. The summed E-state index contributed by atoms with van der Waals surface area (Å²) in [6.45, 7) is 2.83. The third kappa shape index (κ3) is 2.52. The van der Waals surface area contributed by atoms with E-state index in [-0.39, 0.29) is 6.04 Å². The van der Waals surface area contributed by atoms with E-state index in [0.717, 1.165) is 22.3 Å². The second kappa shape index (κ2) is 4.68. The highest BCUT2D eigenvalue weighted by molar-refractivity contribution is 9.10. The Labute approximate surface area is 96.6 Å². The van der Waals surface area contributed by atoms with Gasteiger partial charge in [0.05, 0.1) is 29.3 Å². The van der Waals surface area contributed by atoms with Crippen molar-refractivity contribution in [3.05, 3.63) is 46.7 Å². The van der Waals surface area contributed by atoms with Gasteiger partial charge in [0.15, 0.2) is 0 Å². The minimum absolute atomic E-state index is 0.171. The van der Waals surface area contributed by atoms with Crippen molar-refractivity contribution < 1.29 is 8.83 Å². The van der Waals surface area contributed by atoms with Gasteiger partial charge in [0.2, 0.25) is 0 Å². The van der Waals surface area contributed by atoms with Crippen molar-refractivity contribution >= 4 is 15.9 Å². The van der Waals surface area contributed by atoms with E-state index < -0.39 is 0 Å². The van der Waals surface area contributed by atoms with Crippen LogP contribution in [0.5, 0.6) is 0 Å². The lowest BCUT2D eigenvalue weighted by atomic mass is 10.2. The van der Waals surface area contributed by atoms with E-state index in [4.69, 9.17) is 8.83 Å². The zero-order chi connectivity index (χ0) is 10.7. The van der Waals surface area contributed by atoms with Gasteiger partial charge in [0, 0.05) is 12.1 Å². The maximum atomic E-state index is 5.36. The largest absolute Gasteiger partial charge is 0.472 e. The normalized spacial score (nSPS) is 12.9. The number of furan rings is 2. The van der Waals surface area contributed by atoms with E-state index in [1.165, 1.54) is 0 Å². The van der Waals surface area contributed by atoms with Crippen LogP contribution in [-0.2, 0) is 6.54 Å². The predicted molar refractivity (Wildman–Crippen MR) is 60.4 cm³/mol. The van der Waals surface area contributed by atoms with Crippen LogP contribution in [0.15, 0.2) is 44.2 Å². The van der Waals surface area contributed by atoms with Gasteiger partial charge in [0.1, 0.15) is 5.76 Å². The molecule has 0 radical (unpaired) electrons. The van der Waals surface area contributed by atoms with Crippen molar-refractivity contribution in [2.75, 3.05) is 0 Å². The van der Waals surface area contributed by atoms with Gasteiger partial charge in [-0.15, -0.1) is 0 Å². The molecule has 0 saturated carbocycles. The molecule has 3 nitrogen and oxygen atoms in total. The summed E-state index contributed by atoms with van der Waals surface area (Å²) in [7, 11) is 0. The maximum absolute atomic E-state index is 5.36. The first kappa shape index (κ1) is 10.5. The van der Waals surface area contributed by atoms with Gasteiger partial charge in [-0.25, -0.2) is 0 Å². The molecule has 0 bridgehead atoms. The molecule has 0 aliphatic heterocycles. The molecule has 2 rings (SSSR count). The average Bonchev–Trinajstić information content (AvgIpc) is 2.84. The molecule has 0 aliphatic carbocycles. The Bertz CT molecular complexity index is 408. The molecule has 0 saturated heterocycles. The van der Waals surface area contributed by atoms with Crippen LogP contribution >= 0.6 is 15.9 Å². The molecule has 2 aromatic rings. The van der Waals surface area contributed by atoms with Crippen LogP contribution in [-0.4, -0.2) is 0 Å². The smallest absolute Gasteiger partial charge is 0.134 e. The SMILES string of the molecule is CC(NCc1ccoc1)c1occc1Br. The summed E-state index contributed by atoms with van der Waals surface area (Å²) in [6.07, 6.45) is 5.08. The molecule has 0 aromatic carbocycles. The van der Waals surface area contributed by atoms with E-state index in [1.54, 1.807) is 18.8 Å². The minimum Gasteiger partial charge on any atom is -0.472 e. The van der Waals surface area contributed by atoms with Crippen molar-refractivity contribution in [2.24, 2.45) is 0 Å². The Morgan fingerprint density at radius 1 is 1.40 bits per heavy atom. The predicted octanol–water partition coefficient (Wildman–Crippen LogP) is 3.49. The molecule has 2 heterocycles. The Balaban J connectivity index is 1.93. The van der Waals surface area contributed by atoms with Gasteiger partial charge in [-0.3, -0.25) is 0 Å². The Kier molecular flexibility index (Phi) is 3.28. The quantitative estimate of drug-likeness (QED) is 0.924. The Hall–Kier alpha value is -1.00. The fourth-order valence-electron chi connectivity index (χ4n) is 1.37.